The Morgan fingerprint density at radius 2 is 2.04 bits per heavy atom. The Morgan fingerprint density at radius 1 is 1.29 bits per heavy atom. The molecule has 2 rings (SSSR count). The maximum atomic E-state index is 13.1. The highest BCUT2D eigenvalue weighted by atomic mass is 19.4. The van der Waals surface area contributed by atoms with E-state index >= 15 is 0 Å². The van der Waals surface area contributed by atoms with Crippen molar-refractivity contribution in [1.82, 2.24) is 10.2 Å². The molecule has 1 atom stereocenters. The minimum absolute atomic E-state index is 0.152. The van der Waals surface area contributed by atoms with Gasteiger partial charge in [-0.1, -0.05) is 6.07 Å². The van der Waals surface area contributed by atoms with Gasteiger partial charge in [-0.25, -0.2) is 4.39 Å². The molecule has 0 spiro atoms. The number of benzene rings is 1. The minimum atomic E-state index is -4.48. The number of hydrogen-bond donors (Lipinski definition) is 2. The Labute approximate surface area is 136 Å². The second kappa shape index (κ2) is 7.61. The van der Waals surface area contributed by atoms with Crippen LogP contribution in [-0.4, -0.2) is 48.6 Å². The zero-order valence-electron chi connectivity index (χ0n) is 12.7. The summed E-state index contributed by atoms with van der Waals surface area (Å²) in [6, 6.07) is 4.56. The van der Waals surface area contributed by atoms with Crippen molar-refractivity contribution in [2.45, 2.75) is 25.1 Å². The molecule has 5 nitrogen and oxygen atoms in total. The number of amides is 2. The first-order valence-electron chi connectivity index (χ1n) is 7.38. The molecule has 1 aliphatic rings. The van der Waals surface area contributed by atoms with E-state index in [-0.39, 0.29) is 12.2 Å². The number of hydrogen-bond acceptors (Lipinski definition) is 3. The van der Waals surface area contributed by atoms with Gasteiger partial charge in [-0.05, 0) is 37.6 Å². The average Bonchev–Trinajstić information content (AvgIpc) is 2.92. The van der Waals surface area contributed by atoms with Crippen LogP contribution in [0.5, 0.6) is 0 Å². The lowest BCUT2D eigenvalue weighted by atomic mass is 10.2. The zero-order valence-corrected chi connectivity index (χ0v) is 12.7. The number of alkyl halides is 3. The summed E-state index contributed by atoms with van der Waals surface area (Å²) in [6.45, 7) is -1.12. The molecule has 0 saturated carbocycles. The van der Waals surface area contributed by atoms with Gasteiger partial charge in [0, 0.05) is 5.69 Å². The van der Waals surface area contributed by atoms with Gasteiger partial charge < -0.3 is 10.6 Å². The van der Waals surface area contributed by atoms with Crippen LogP contribution in [0.2, 0.25) is 0 Å². The Morgan fingerprint density at radius 3 is 2.71 bits per heavy atom. The lowest BCUT2D eigenvalue weighted by molar-refractivity contribution is -0.141. The molecule has 1 aromatic carbocycles. The summed E-state index contributed by atoms with van der Waals surface area (Å²) < 4.78 is 49.6. The maximum Gasteiger partial charge on any atom is 0.405 e. The van der Waals surface area contributed by atoms with Gasteiger partial charge in [0.05, 0.1) is 12.6 Å². The standard InChI is InChI=1S/C15H17F4N3O2/c16-10-3-1-4-11(7-10)21-13(23)8-22-6-2-5-12(22)14(24)20-9-15(17,18)19/h1,3-4,7,12H,2,5-6,8-9H2,(H,20,24)(H,21,23)/t12-/m0/s1. The molecule has 1 aliphatic heterocycles. The molecule has 0 radical (unpaired) electrons. The van der Waals surface area contributed by atoms with E-state index in [4.69, 9.17) is 0 Å². The van der Waals surface area contributed by atoms with Gasteiger partial charge in [-0.2, -0.15) is 13.2 Å². The van der Waals surface area contributed by atoms with Crippen molar-refractivity contribution in [2.24, 2.45) is 0 Å². The number of anilines is 1. The third kappa shape index (κ3) is 5.48. The van der Waals surface area contributed by atoms with E-state index in [9.17, 15) is 27.2 Å². The minimum Gasteiger partial charge on any atom is -0.346 e. The van der Waals surface area contributed by atoms with Crippen molar-refractivity contribution >= 4 is 17.5 Å². The molecule has 132 valence electrons. The predicted octanol–water partition coefficient (Wildman–Crippen LogP) is 1.91. The number of nitrogens with one attached hydrogen (secondary N) is 2. The quantitative estimate of drug-likeness (QED) is 0.800. The van der Waals surface area contributed by atoms with E-state index in [2.05, 4.69) is 5.32 Å². The highest BCUT2D eigenvalue weighted by molar-refractivity contribution is 5.93. The fourth-order valence-corrected chi connectivity index (χ4v) is 2.57. The normalized spacial score (nSPS) is 18.4. The summed E-state index contributed by atoms with van der Waals surface area (Å²) >= 11 is 0. The largest absolute Gasteiger partial charge is 0.405 e. The Hall–Kier alpha value is -2.16. The summed E-state index contributed by atoms with van der Waals surface area (Å²) in [5.41, 5.74) is 0.275. The number of carbonyl (C=O) groups excluding carboxylic acids is 2. The average molecular weight is 347 g/mol. The molecule has 0 unspecified atom stereocenters. The Bertz CT molecular complexity index is 607. The molecule has 9 heteroatoms. The molecule has 0 aromatic heterocycles. The van der Waals surface area contributed by atoms with Gasteiger partial charge >= 0.3 is 6.18 Å². The predicted molar refractivity (Wildman–Crippen MR) is 78.7 cm³/mol. The molecule has 2 N–H and O–H groups in total. The van der Waals surface area contributed by atoms with Crippen LogP contribution in [0.1, 0.15) is 12.8 Å². The molecule has 1 saturated heterocycles. The molecule has 1 fully saturated rings. The Balaban J connectivity index is 1.88. The van der Waals surface area contributed by atoms with Gasteiger partial charge in [0.2, 0.25) is 11.8 Å². The lowest BCUT2D eigenvalue weighted by Crippen LogP contribution is -2.47. The van der Waals surface area contributed by atoms with Gasteiger partial charge in [0.25, 0.3) is 0 Å². The van der Waals surface area contributed by atoms with Crippen molar-refractivity contribution < 1.29 is 27.2 Å². The smallest absolute Gasteiger partial charge is 0.346 e. The van der Waals surface area contributed by atoms with Crippen molar-refractivity contribution in [3.05, 3.63) is 30.1 Å². The summed E-state index contributed by atoms with van der Waals surface area (Å²) in [6.07, 6.45) is -3.48. The van der Waals surface area contributed by atoms with E-state index in [0.29, 0.717) is 19.4 Å². The first-order chi connectivity index (χ1) is 11.2. The highest BCUT2D eigenvalue weighted by Crippen LogP contribution is 2.19. The van der Waals surface area contributed by atoms with Crippen molar-refractivity contribution in [3.8, 4) is 0 Å². The number of nitrogens with zero attached hydrogens (tertiary/aromatic N) is 1. The monoisotopic (exact) mass is 347 g/mol. The van der Waals surface area contributed by atoms with Crippen LogP contribution in [-0.2, 0) is 9.59 Å². The topological polar surface area (TPSA) is 61.4 Å². The van der Waals surface area contributed by atoms with E-state index in [1.54, 1.807) is 0 Å². The van der Waals surface area contributed by atoms with Crippen molar-refractivity contribution in [1.29, 1.82) is 0 Å². The molecule has 1 heterocycles. The molecule has 2 amide bonds. The van der Waals surface area contributed by atoms with E-state index in [1.165, 1.54) is 23.1 Å². The highest BCUT2D eigenvalue weighted by Gasteiger charge is 2.34. The summed E-state index contributed by atoms with van der Waals surface area (Å²) in [5.74, 6) is -1.71. The fraction of sp³-hybridized carbons (Fsp3) is 0.467. The number of likely N-dealkylation sites (tertiary alicyclic amines) is 1. The third-order valence-electron chi connectivity index (χ3n) is 3.58. The first-order valence-corrected chi connectivity index (χ1v) is 7.38. The summed E-state index contributed by atoms with van der Waals surface area (Å²) in [4.78, 5) is 25.3. The first kappa shape index (κ1) is 18.2. The van der Waals surface area contributed by atoms with Crippen LogP contribution < -0.4 is 10.6 Å². The molecular weight excluding hydrogens is 330 g/mol. The fourth-order valence-electron chi connectivity index (χ4n) is 2.57. The van der Waals surface area contributed by atoms with Crippen LogP contribution in [0.3, 0.4) is 0 Å². The van der Waals surface area contributed by atoms with E-state index < -0.39 is 36.4 Å². The van der Waals surface area contributed by atoms with Crippen LogP contribution in [0, 0.1) is 5.82 Å². The van der Waals surface area contributed by atoms with Gasteiger partial charge in [-0.15, -0.1) is 0 Å². The summed E-state index contributed by atoms with van der Waals surface area (Å²) in [5, 5.41) is 4.33. The molecule has 0 bridgehead atoms. The van der Waals surface area contributed by atoms with Crippen molar-refractivity contribution in [3.63, 3.8) is 0 Å². The number of carbonyl (C=O) groups is 2. The maximum absolute atomic E-state index is 13.1. The van der Waals surface area contributed by atoms with E-state index in [1.807, 2.05) is 5.32 Å². The van der Waals surface area contributed by atoms with Gasteiger partial charge in [0.1, 0.15) is 12.4 Å². The lowest BCUT2D eigenvalue weighted by Gasteiger charge is -2.23. The van der Waals surface area contributed by atoms with Crippen LogP contribution in [0.4, 0.5) is 23.2 Å². The Kier molecular flexibility index (Phi) is 5.76. The summed E-state index contributed by atoms with van der Waals surface area (Å²) in [7, 11) is 0. The van der Waals surface area contributed by atoms with Gasteiger partial charge in [-0.3, -0.25) is 14.5 Å². The molecular formula is C15H17F4N3O2. The third-order valence-corrected chi connectivity index (χ3v) is 3.58. The van der Waals surface area contributed by atoms with Crippen molar-refractivity contribution in [2.75, 3.05) is 25.0 Å². The molecule has 0 aliphatic carbocycles. The molecule has 1 aromatic rings. The second-order valence-corrected chi connectivity index (χ2v) is 5.52. The number of halogens is 4. The van der Waals surface area contributed by atoms with Crippen LogP contribution >= 0.6 is 0 Å². The SMILES string of the molecule is O=C(CN1CCC[C@H]1C(=O)NCC(F)(F)F)Nc1cccc(F)c1. The van der Waals surface area contributed by atoms with Crippen LogP contribution in [0.25, 0.3) is 0 Å². The second-order valence-electron chi connectivity index (χ2n) is 5.52. The van der Waals surface area contributed by atoms with Gasteiger partial charge in [0.15, 0.2) is 0 Å². The number of rotatable bonds is 5. The van der Waals surface area contributed by atoms with E-state index in [0.717, 1.165) is 6.07 Å². The van der Waals surface area contributed by atoms with Crippen LogP contribution in [0.15, 0.2) is 24.3 Å². The zero-order chi connectivity index (χ0) is 17.7. The molecule has 24 heavy (non-hydrogen) atoms.